The van der Waals surface area contributed by atoms with E-state index in [1.807, 2.05) is 66.9 Å². The number of pyridine rings is 1. The number of hydrogen-bond donors (Lipinski definition) is 1. The van der Waals surface area contributed by atoms with E-state index < -0.39 is 0 Å². The zero-order chi connectivity index (χ0) is 20.9. The van der Waals surface area contributed by atoms with Crippen molar-refractivity contribution in [2.75, 3.05) is 6.26 Å². The molecule has 30 heavy (non-hydrogen) atoms. The smallest absolute Gasteiger partial charge is 0.267 e. The van der Waals surface area contributed by atoms with Gasteiger partial charge in [0.15, 0.2) is 0 Å². The molecule has 4 aromatic rings. The summed E-state index contributed by atoms with van der Waals surface area (Å²) in [6.45, 7) is 0. The molecule has 4 rings (SSSR count). The molecule has 0 saturated carbocycles. The van der Waals surface area contributed by atoms with Gasteiger partial charge < -0.3 is 0 Å². The van der Waals surface area contributed by atoms with Crippen LogP contribution in [0.4, 0.5) is 0 Å². The van der Waals surface area contributed by atoms with E-state index in [4.69, 9.17) is 16.6 Å². The number of fused-ring (bicyclic) bond motifs is 1. The lowest BCUT2D eigenvalue weighted by Crippen LogP contribution is -2.18. The van der Waals surface area contributed by atoms with Gasteiger partial charge in [-0.15, -0.1) is 11.8 Å². The van der Waals surface area contributed by atoms with Crippen molar-refractivity contribution in [3.05, 3.63) is 95.0 Å². The molecule has 0 aliphatic carbocycles. The molecule has 0 saturated heterocycles. The molecule has 0 fully saturated rings. The number of hydrazone groups is 1. The average molecular weight is 432 g/mol. The fourth-order valence-electron chi connectivity index (χ4n) is 3.05. The van der Waals surface area contributed by atoms with E-state index in [0.717, 1.165) is 22.0 Å². The first-order valence-corrected chi connectivity index (χ1v) is 10.9. The highest BCUT2D eigenvalue weighted by molar-refractivity contribution is 7.98. The minimum atomic E-state index is -0.291. The Morgan fingerprint density at radius 1 is 1.03 bits per heavy atom. The summed E-state index contributed by atoms with van der Waals surface area (Å²) >= 11 is 7.68. The SMILES string of the molecule is CSc1ccc(/C=N\NC(=O)c2cc(-c3ccc(Cl)cc3)nc3ccccc23)cc1. The highest BCUT2D eigenvalue weighted by atomic mass is 35.5. The molecule has 0 unspecified atom stereocenters. The van der Waals surface area contributed by atoms with E-state index in [9.17, 15) is 4.79 Å². The zero-order valence-corrected chi connectivity index (χ0v) is 17.7. The quantitative estimate of drug-likeness (QED) is 0.238. The summed E-state index contributed by atoms with van der Waals surface area (Å²) < 4.78 is 0. The zero-order valence-electron chi connectivity index (χ0n) is 16.2. The van der Waals surface area contributed by atoms with E-state index >= 15 is 0 Å². The number of halogens is 1. The summed E-state index contributed by atoms with van der Waals surface area (Å²) in [5, 5.41) is 5.55. The van der Waals surface area contributed by atoms with Crippen molar-refractivity contribution < 1.29 is 4.79 Å². The van der Waals surface area contributed by atoms with Crippen LogP contribution in [0.1, 0.15) is 15.9 Å². The predicted molar refractivity (Wildman–Crippen MR) is 125 cm³/mol. The van der Waals surface area contributed by atoms with E-state index in [1.165, 1.54) is 4.90 Å². The maximum absolute atomic E-state index is 12.9. The van der Waals surface area contributed by atoms with E-state index in [1.54, 1.807) is 36.2 Å². The van der Waals surface area contributed by atoms with Gasteiger partial charge in [-0.25, -0.2) is 10.4 Å². The number of nitrogens with zero attached hydrogens (tertiary/aromatic N) is 2. The van der Waals surface area contributed by atoms with Crippen LogP contribution in [0.15, 0.2) is 88.9 Å². The van der Waals surface area contributed by atoms with Crippen molar-refractivity contribution in [3.63, 3.8) is 0 Å². The molecule has 0 aliphatic heterocycles. The molecule has 1 N–H and O–H groups in total. The number of para-hydroxylation sites is 1. The first kappa shape index (κ1) is 20.1. The normalized spacial score (nSPS) is 11.1. The second-order valence-electron chi connectivity index (χ2n) is 6.55. The van der Waals surface area contributed by atoms with Gasteiger partial charge in [0.05, 0.1) is 23.0 Å². The molecule has 3 aromatic carbocycles. The van der Waals surface area contributed by atoms with Crippen LogP contribution in [0, 0.1) is 0 Å². The predicted octanol–water partition coefficient (Wildman–Crippen LogP) is 6.04. The number of carbonyl (C=O) groups excluding carboxylic acids is 1. The van der Waals surface area contributed by atoms with Crippen LogP contribution in [-0.2, 0) is 0 Å². The molecule has 4 nitrogen and oxygen atoms in total. The minimum absolute atomic E-state index is 0.291. The second kappa shape index (κ2) is 9.11. The van der Waals surface area contributed by atoms with Crippen molar-refractivity contribution in [2.24, 2.45) is 5.10 Å². The Bertz CT molecular complexity index is 1220. The van der Waals surface area contributed by atoms with E-state index in [2.05, 4.69) is 10.5 Å². The fraction of sp³-hybridized carbons (Fsp3) is 0.0417. The number of hydrogen-bond acceptors (Lipinski definition) is 4. The molecule has 0 spiro atoms. The molecular weight excluding hydrogens is 414 g/mol. The third-order valence-electron chi connectivity index (χ3n) is 4.60. The molecule has 0 atom stereocenters. The van der Waals surface area contributed by atoms with Gasteiger partial charge in [-0.2, -0.15) is 5.10 Å². The highest BCUT2D eigenvalue weighted by Gasteiger charge is 2.13. The van der Waals surface area contributed by atoms with Crippen molar-refractivity contribution in [1.29, 1.82) is 0 Å². The first-order valence-electron chi connectivity index (χ1n) is 9.27. The molecule has 0 radical (unpaired) electrons. The fourth-order valence-corrected chi connectivity index (χ4v) is 3.58. The van der Waals surface area contributed by atoms with Gasteiger partial charge in [-0.05, 0) is 48.2 Å². The van der Waals surface area contributed by atoms with Crippen molar-refractivity contribution in [3.8, 4) is 11.3 Å². The molecule has 0 bridgehead atoms. The van der Waals surface area contributed by atoms with Gasteiger partial charge in [-0.3, -0.25) is 4.79 Å². The standard InChI is InChI=1S/C24H18ClN3OS/c1-30-19-12-6-16(7-13-19)15-26-28-24(29)21-14-23(17-8-10-18(25)11-9-17)27-22-5-3-2-4-20(21)22/h2-15H,1H3,(H,28,29)/b26-15-. The Morgan fingerprint density at radius 3 is 2.50 bits per heavy atom. The van der Waals surface area contributed by atoms with Gasteiger partial charge >= 0.3 is 0 Å². The van der Waals surface area contributed by atoms with Crippen LogP contribution < -0.4 is 5.43 Å². The molecule has 148 valence electrons. The van der Waals surface area contributed by atoms with Gasteiger partial charge in [0.2, 0.25) is 0 Å². The Hall–Kier alpha value is -3.15. The number of carbonyl (C=O) groups is 1. The van der Waals surface area contributed by atoms with Gasteiger partial charge in [0, 0.05) is 20.9 Å². The average Bonchev–Trinajstić information content (AvgIpc) is 2.79. The monoisotopic (exact) mass is 431 g/mol. The summed E-state index contributed by atoms with van der Waals surface area (Å²) in [4.78, 5) is 18.8. The third-order valence-corrected chi connectivity index (χ3v) is 5.59. The number of nitrogens with one attached hydrogen (secondary N) is 1. The van der Waals surface area contributed by atoms with Crippen molar-refractivity contribution in [2.45, 2.75) is 4.90 Å². The molecule has 1 aromatic heterocycles. The van der Waals surface area contributed by atoms with Crippen molar-refractivity contribution in [1.82, 2.24) is 10.4 Å². The number of amides is 1. The molecule has 1 heterocycles. The number of thioether (sulfide) groups is 1. The van der Waals surface area contributed by atoms with E-state index in [-0.39, 0.29) is 5.91 Å². The van der Waals surface area contributed by atoms with Gasteiger partial charge in [-0.1, -0.05) is 54.1 Å². The van der Waals surface area contributed by atoms with Crippen LogP contribution in [0.25, 0.3) is 22.2 Å². The van der Waals surface area contributed by atoms with Crippen LogP contribution in [0.2, 0.25) is 5.02 Å². The lowest BCUT2D eigenvalue weighted by atomic mass is 10.0. The maximum atomic E-state index is 12.9. The number of benzene rings is 3. The third kappa shape index (κ3) is 4.53. The van der Waals surface area contributed by atoms with Gasteiger partial charge in [0.25, 0.3) is 5.91 Å². The summed E-state index contributed by atoms with van der Waals surface area (Å²) in [5.74, 6) is -0.291. The summed E-state index contributed by atoms with van der Waals surface area (Å²) in [6.07, 6.45) is 3.66. The Labute approximate surface area is 184 Å². The van der Waals surface area contributed by atoms with Crippen LogP contribution in [0.5, 0.6) is 0 Å². The summed E-state index contributed by atoms with van der Waals surface area (Å²) in [7, 11) is 0. The lowest BCUT2D eigenvalue weighted by molar-refractivity contribution is 0.0956. The number of aromatic nitrogens is 1. The minimum Gasteiger partial charge on any atom is -0.267 e. The molecule has 1 amide bonds. The summed E-state index contributed by atoms with van der Waals surface area (Å²) in [6, 6.07) is 24.7. The highest BCUT2D eigenvalue weighted by Crippen LogP contribution is 2.26. The molecule has 6 heteroatoms. The first-order chi connectivity index (χ1) is 14.6. The van der Waals surface area contributed by atoms with Crippen LogP contribution in [-0.4, -0.2) is 23.4 Å². The second-order valence-corrected chi connectivity index (χ2v) is 7.87. The Kier molecular flexibility index (Phi) is 6.12. The van der Waals surface area contributed by atoms with E-state index in [0.29, 0.717) is 16.3 Å². The number of rotatable bonds is 5. The topological polar surface area (TPSA) is 54.4 Å². The Morgan fingerprint density at radius 2 is 1.77 bits per heavy atom. The summed E-state index contributed by atoms with van der Waals surface area (Å²) in [5.41, 5.74) is 6.39. The largest absolute Gasteiger partial charge is 0.272 e. The lowest BCUT2D eigenvalue weighted by Gasteiger charge is -2.09. The molecular formula is C24H18ClN3OS. The van der Waals surface area contributed by atoms with Crippen molar-refractivity contribution >= 4 is 46.4 Å². The van der Waals surface area contributed by atoms with Gasteiger partial charge in [0.1, 0.15) is 0 Å². The molecule has 0 aliphatic rings. The Balaban J connectivity index is 1.63. The van der Waals surface area contributed by atoms with Crippen LogP contribution in [0.3, 0.4) is 0 Å². The van der Waals surface area contributed by atoms with Crippen LogP contribution >= 0.6 is 23.4 Å². The maximum Gasteiger partial charge on any atom is 0.272 e.